The van der Waals surface area contributed by atoms with Crippen LogP contribution in [0.5, 0.6) is 0 Å². The molecule has 7 heteroatoms. The Hall–Kier alpha value is -3.22. The van der Waals surface area contributed by atoms with Gasteiger partial charge >= 0.3 is 0 Å². The summed E-state index contributed by atoms with van der Waals surface area (Å²) >= 11 is 6.75. The minimum atomic E-state index is -0.0735. The van der Waals surface area contributed by atoms with Gasteiger partial charge in [-0.1, -0.05) is 60.1 Å². The lowest BCUT2D eigenvalue weighted by Crippen LogP contribution is -2.48. The third-order valence-electron chi connectivity index (χ3n) is 5.95. The number of carbonyl (C=O) groups excluding carboxylic acids is 1. The molecule has 0 aliphatic carbocycles. The van der Waals surface area contributed by atoms with Gasteiger partial charge in [-0.2, -0.15) is 5.10 Å². The number of hydrogen-bond acceptors (Lipinski definition) is 4. The first-order chi connectivity index (χ1) is 15.6. The van der Waals surface area contributed by atoms with Gasteiger partial charge in [-0.25, -0.2) is 9.67 Å². The van der Waals surface area contributed by atoms with E-state index in [1.807, 2.05) is 48.2 Å². The van der Waals surface area contributed by atoms with E-state index in [2.05, 4.69) is 39.2 Å². The van der Waals surface area contributed by atoms with E-state index >= 15 is 0 Å². The number of aryl methyl sites for hydroxylation is 1. The highest BCUT2D eigenvalue weighted by Gasteiger charge is 2.26. The molecule has 0 N–H and O–H groups in total. The van der Waals surface area contributed by atoms with E-state index in [0.29, 0.717) is 29.3 Å². The Balaban J connectivity index is 1.35. The lowest BCUT2D eigenvalue weighted by atomic mass is 10.1. The van der Waals surface area contributed by atoms with Gasteiger partial charge in [-0.05, 0) is 24.6 Å². The topological polar surface area (TPSA) is 54.3 Å². The third kappa shape index (κ3) is 3.87. The molecule has 5 rings (SSSR count). The fraction of sp³-hybridized carbons (Fsp3) is 0.240. The summed E-state index contributed by atoms with van der Waals surface area (Å²) in [6.07, 6.45) is 1.59. The van der Waals surface area contributed by atoms with E-state index in [0.717, 1.165) is 36.4 Å². The van der Waals surface area contributed by atoms with Crippen LogP contribution in [0, 0.1) is 6.92 Å². The van der Waals surface area contributed by atoms with Crippen LogP contribution in [0.1, 0.15) is 21.6 Å². The summed E-state index contributed by atoms with van der Waals surface area (Å²) in [5, 5.41) is 5.77. The van der Waals surface area contributed by atoms with Crippen LogP contribution >= 0.6 is 11.6 Å². The lowest BCUT2D eigenvalue weighted by Gasteiger charge is -2.34. The Kier molecular flexibility index (Phi) is 5.64. The van der Waals surface area contributed by atoms with Crippen LogP contribution in [0.2, 0.25) is 5.02 Å². The molecular formula is C25H24ClN5O. The molecule has 0 radical (unpaired) electrons. The number of rotatable bonds is 4. The zero-order valence-electron chi connectivity index (χ0n) is 17.9. The molecule has 2 aromatic heterocycles. The van der Waals surface area contributed by atoms with Crippen LogP contribution < -0.4 is 0 Å². The molecule has 1 fully saturated rings. The first kappa shape index (κ1) is 20.7. The van der Waals surface area contributed by atoms with Crippen LogP contribution in [-0.2, 0) is 6.54 Å². The van der Waals surface area contributed by atoms with Crippen molar-refractivity contribution in [2.45, 2.75) is 13.5 Å². The molecule has 32 heavy (non-hydrogen) atoms. The van der Waals surface area contributed by atoms with Gasteiger partial charge < -0.3 is 4.90 Å². The summed E-state index contributed by atoms with van der Waals surface area (Å²) in [5.41, 5.74) is 4.04. The zero-order chi connectivity index (χ0) is 22.1. The fourth-order valence-corrected chi connectivity index (χ4v) is 4.58. The number of nitrogens with zero attached hydrogens (tertiary/aromatic N) is 5. The van der Waals surface area contributed by atoms with Gasteiger partial charge in [-0.3, -0.25) is 9.69 Å². The first-order valence-electron chi connectivity index (χ1n) is 10.8. The molecule has 162 valence electrons. The molecular weight excluding hydrogens is 422 g/mol. The first-order valence-corrected chi connectivity index (χ1v) is 11.1. The standard InChI is InChI=1S/C25H24ClN5O/c1-18-22-23(26)21(16-27-24(22)31(28-18)20-10-6-3-7-11-20)25(32)30-14-12-29(13-15-30)17-19-8-4-2-5-9-19/h2-11,16H,12-15,17H2,1H3. The molecule has 1 aliphatic rings. The van der Waals surface area contributed by atoms with Gasteiger partial charge in [0, 0.05) is 38.9 Å². The second kappa shape index (κ2) is 8.73. The Bertz CT molecular complexity index is 1250. The van der Waals surface area contributed by atoms with Gasteiger partial charge in [0.25, 0.3) is 5.91 Å². The third-order valence-corrected chi connectivity index (χ3v) is 6.34. The maximum atomic E-state index is 13.3. The van der Waals surface area contributed by atoms with Crippen LogP contribution in [0.25, 0.3) is 16.7 Å². The second-order valence-corrected chi connectivity index (χ2v) is 8.45. The summed E-state index contributed by atoms with van der Waals surface area (Å²) in [5.74, 6) is -0.0735. The Morgan fingerprint density at radius 2 is 1.62 bits per heavy atom. The van der Waals surface area contributed by atoms with E-state index in [-0.39, 0.29) is 5.91 Å². The molecule has 1 aliphatic heterocycles. The Labute approximate surface area is 192 Å². The summed E-state index contributed by atoms with van der Waals surface area (Å²) in [6.45, 7) is 5.79. The molecule has 1 amide bonds. The quantitative estimate of drug-likeness (QED) is 0.469. The molecule has 1 saturated heterocycles. The molecule has 4 aromatic rings. The predicted octanol–water partition coefficient (Wildman–Crippen LogP) is 4.34. The van der Waals surface area contributed by atoms with Crippen molar-refractivity contribution in [2.75, 3.05) is 26.2 Å². The fourth-order valence-electron chi connectivity index (χ4n) is 4.23. The average molecular weight is 446 g/mol. The lowest BCUT2D eigenvalue weighted by molar-refractivity contribution is 0.0628. The molecule has 0 bridgehead atoms. The molecule has 0 spiro atoms. The number of benzene rings is 2. The van der Waals surface area contributed by atoms with Crippen molar-refractivity contribution in [1.29, 1.82) is 0 Å². The number of hydrogen-bond donors (Lipinski definition) is 0. The van der Waals surface area contributed by atoms with Crippen LogP contribution in [0.4, 0.5) is 0 Å². The van der Waals surface area contributed by atoms with Gasteiger partial charge in [0.15, 0.2) is 5.65 Å². The highest BCUT2D eigenvalue weighted by atomic mass is 35.5. The van der Waals surface area contributed by atoms with Crippen molar-refractivity contribution in [3.05, 3.63) is 88.7 Å². The highest BCUT2D eigenvalue weighted by Crippen LogP contribution is 2.30. The number of carbonyl (C=O) groups is 1. The number of piperazine rings is 1. The molecule has 2 aromatic carbocycles. The van der Waals surface area contributed by atoms with Crippen LogP contribution in [-0.4, -0.2) is 56.7 Å². The van der Waals surface area contributed by atoms with Gasteiger partial charge in [0.2, 0.25) is 0 Å². The van der Waals surface area contributed by atoms with Crippen LogP contribution in [0.15, 0.2) is 66.9 Å². The second-order valence-electron chi connectivity index (χ2n) is 8.07. The largest absolute Gasteiger partial charge is 0.336 e. The van der Waals surface area contributed by atoms with Crippen molar-refractivity contribution in [1.82, 2.24) is 24.6 Å². The van der Waals surface area contributed by atoms with E-state index in [4.69, 9.17) is 11.6 Å². The van der Waals surface area contributed by atoms with Crippen molar-refractivity contribution >= 4 is 28.5 Å². The van der Waals surface area contributed by atoms with Crippen molar-refractivity contribution < 1.29 is 4.79 Å². The number of para-hydroxylation sites is 1. The van der Waals surface area contributed by atoms with Crippen molar-refractivity contribution in [3.63, 3.8) is 0 Å². The molecule has 6 nitrogen and oxygen atoms in total. The Morgan fingerprint density at radius 1 is 0.969 bits per heavy atom. The number of pyridine rings is 1. The number of halogens is 1. The SMILES string of the molecule is Cc1nn(-c2ccccc2)c2ncc(C(=O)N3CCN(Cc4ccccc4)CC3)c(Cl)c12. The zero-order valence-corrected chi connectivity index (χ0v) is 18.7. The van der Waals surface area contributed by atoms with Crippen LogP contribution in [0.3, 0.4) is 0 Å². The summed E-state index contributed by atoms with van der Waals surface area (Å²) in [7, 11) is 0. The maximum absolute atomic E-state index is 13.3. The van der Waals surface area contributed by atoms with Gasteiger partial charge in [-0.15, -0.1) is 0 Å². The normalized spacial score (nSPS) is 14.8. The highest BCUT2D eigenvalue weighted by molar-refractivity contribution is 6.38. The molecule has 0 atom stereocenters. The summed E-state index contributed by atoms with van der Waals surface area (Å²) in [4.78, 5) is 22.1. The van der Waals surface area contributed by atoms with Gasteiger partial charge in [0.05, 0.1) is 27.4 Å². The molecule has 0 unspecified atom stereocenters. The molecule has 0 saturated carbocycles. The predicted molar refractivity (Wildman–Crippen MR) is 126 cm³/mol. The van der Waals surface area contributed by atoms with Crippen molar-refractivity contribution in [3.8, 4) is 5.69 Å². The number of aromatic nitrogens is 3. The van der Waals surface area contributed by atoms with E-state index in [1.165, 1.54) is 5.56 Å². The molecule has 3 heterocycles. The minimum absolute atomic E-state index is 0.0735. The van der Waals surface area contributed by atoms with Gasteiger partial charge in [0.1, 0.15) is 0 Å². The van der Waals surface area contributed by atoms with E-state index in [9.17, 15) is 4.79 Å². The monoisotopic (exact) mass is 445 g/mol. The summed E-state index contributed by atoms with van der Waals surface area (Å²) < 4.78 is 1.77. The number of amides is 1. The van der Waals surface area contributed by atoms with Crippen molar-refractivity contribution in [2.24, 2.45) is 0 Å². The van der Waals surface area contributed by atoms with E-state index in [1.54, 1.807) is 10.9 Å². The Morgan fingerprint density at radius 3 is 2.31 bits per heavy atom. The summed E-state index contributed by atoms with van der Waals surface area (Å²) in [6, 6.07) is 20.2. The average Bonchev–Trinajstić information content (AvgIpc) is 3.18. The number of fused-ring (bicyclic) bond motifs is 1. The maximum Gasteiger partial charge on any atom is 0.257 e. The minimum Gasteiger partial charge on any atom is -0.336 e. The van der Waals surface area contributed by atoms with E-state index < -0.39 is 0 Å². The smallest absolute Gasteiger partial charge is 0.257 e.